The van der Waals surface area contributed by atoms with Gasteiger partial charge >= 0.3 is 5.97 Å². The Kier molecular flexibility index (Phi) is 8.70. The minimum atomic E-state index is -0.959. The van der Waals surface area contributed by atoms with E-state index in [9.17, 15) is 14.7 Å². The van der Waals surface area contributed by atoms with E-state index in [-0.39, 0.29) is 17.6 Å². The highest BCUT2D eigenvalue weighted by molar-refractivity contribution is 8.14. The second kappa shape index (κ2) is 12.8. The van der Waals surface area contributed by atoms with Gasteiger partial charge < -0.3 is 10.0 Å². The van der Waals surface area contributed by atoms with E-state index in [1.165, 1.54) is 4.90 Å². The zero-order chi connectivity index (χ0) is 30.8. The maximum Gasteiger partial charge on any atom is 0.313 e. The number of anilines is 4. The standard InChI is InChI=1S/C35H29N3O3S3/c1-22(33-34(41)38(26-5-3-2-4-6-26)35(36-33)44-21-32(39)40)23-7-8-25-20-29(10-9-24(25)19-23)37(27-11-15-30(42)16-12-27)28-13-17-31(43)18-14-28/h2-20,22,33,42-43H,21H2,1H3,(H,39,40). The minimum absolute atomic E-state index is 0.165. The van der Waals surface area contributed by atoms with Crippen LogP contribution in [-0.2, 0) is 9.59 Å². The topological polar surface area (TPSA) is 73.2 Å². The predicted octanol–water partition coefficient (Wildman–Crippen LogP) is 8.58. The van der Waals surface area contributed by atoms with E-state index < -0.39 is 12.0 Å². The number of hydrogen-bond donors (Lipinski definition) is 3. The molecule has 2 unspecified atom stereocenters. The summed E-state index contributed by atoms with van der Waals surface area (Å²) in [6.45, 7) is 1.99. The van der Waals surface area contributed by atoms with E-state index in [0.717, 1.165) is 55.0 Å². The zero-order valence-corrected chi connectivity index (χ0v) is 26.3. The minimum Gasteiger partial charge on any atom is -0.481 e. The first kappa shape index (κ1) is 29.9. The molecule has 1 amide bonds. The summed E-state index contributed by atoms with van der Waals surface area (Å²) in [5.41, 5.74) is 4.68. The second-order valence-corrected chi connectivity index (χ2v) is 12.5. The van der Waals surface area contributed by atoms with Crippen molar-refractivity contribution in [2.75, 3.05) is 15.6 Å². The smallest absolute Gasteiger partial charge is 0.313 e. The third kappa shape index (κ3) is 6.22. The van der Waals surface area contributed by atoms with Crippen LogP contribution < -0.4 is 9.80 Å². The summed E-state index contributed by atoms with van der Waals surface area (Å²) < 4.78 is 0. The van der Waals surface area contributed by atoms with Gasteiger partial charge in [-0.25, -0.2) is 4.99 Å². The Balaban J connectivity index is 1.32. The summed E-state index contributed by atoms with van der Waals surface area (Å²) in [5, 5.41) is 11.8. The third-order valence-electron chi connectivity index (χ3n) is 7.57. The molecule has 1 heterocycles. The number of thioether (sulfide) groups is 1. The Morgan fingerprint density at radius 1 is 0.841 bits per heavy atom. The Morgan fingerprint density at radius 2 is 1.41 bits per heavy atom. The molecule has 220 valence electrons. The lowest BCUT2D eigenvalue weighted by molar-refractivity contribution is -0.133. The molecule has 0 aliphatic carbocycles. The van der Waals surface area contributed by atoms with E-state index in [0.29, 0.717) is 10.9 Å². The summed E-state index contributed by atoms with van der Waals surface area (Å²) in [7, 11) is 0. The van der Waals surface area contributed by atoms with Crippen molar-refractivity contribution >= 4 is 87.6 Å². The van der Waals surface area contributed by atoms with Crippen LogP contribution in [-0.4, -0.2) is 33.9 Å². The van der Waals surface area contributed by atoms with Gasteiger partial charge in [-0.2, -0.15) is 0 Å². The van der Waals surface area contributed by atoms with Crippen molar-refractivity contribution in [3.8, 4) is 0 Å². The third-order valence-corrected chi connectivity index (χ3v) is 9.11. The molecular weight excluding hydrogens is 607 g/mol. The molecule has 0 saturated carbocycles. The van der Waals surface area contributed by atoms with Gasteiger partial charge in [-0.05, 0) is 89.1 Å². The Labute approximate surface area is 271 Å². The Morgan fingerprint density at radius 3 is 2.02 bits per heavy atom. The molecule has 1 aliphatic rings. The van der Waals surface area contributed by atoms with Gasteiger partial charge in [0.25, 0.3) is 5.91 Å². The van der Waals surface area contributed by atoms with Crippen LogP contribution in [0.5, 0.6) is 0 Å². The number of para-hydroxylation sites is 1. The van der Waals surface area contributed by atoms with Crippen LogP contribution in [0.2, 0.25) is 0 Å². The summed E-state index contributed by atoms with van der Waals surface area (Å²) in [6.07, 6.45) is 0. The lowest BCUT2D eigenvalue weighted by atomic mass is 9.91. The molecule has 0 fully saturated rings. The van der Waals surface area contributed by atoms with E-state index >= 15 is 0 Å². The number of carboxylic acids is 1. The molecule has 0 bridgehead atoms. The van der Waals surface area contributed by atoms with Crippen molar-refractivity contribution in [2.45, 2.75) is 28.7 Å². The highest BCUT2D eigenvalue weighted by Gasteiger charge is 2.39. The second-order valence-electron chi connectivity index (χ2n) is 10.5. The van der Waals surface area contributed by atoms with Crippen LogP contribution in [0.1, 0.15) is 18.4 Å². The van der Waals surface area contributed by atoms with Crippen molar-refractivity contribution < 1.29 is 14.7 Å². The normalized spacial score (nSPS) is 15.3. The molecule has 5 aromatic rings. The van der Waals surface area contributed by atoms with Gasteiger partial charge in [-0.15, -0.1) is 25.3 Å². The van der Waals surface area contributed by atoms with Crippen molar-refractivity contribution in [1.82, 2.24) is 0 Å². The van der Waals surface area contributed by atoms with Crippen LogP contribution in [0.3, 0.4) is 0 Å². The predicted molar refractivity (Wildman–Crippen MR) is 187 cm³/mol. The molecule has 6 nitrogen and oxygen atoms in total. The molecule has 6 rings (SSSR count). The number of aliphatic imine (C=N–C) groups is 1. The number of amides is 1. The van der Waals surface area contributed by atoms with Gasteiger partial charge in [0.1, 0.15) is 6.04 Å². The fraction of sp³-hybridized carbons (Fsp3) is 0.114. The summed E-state index contributed by atoms with van der Waals surface area (Å²) in [4.78, 5) is 35.3. The SMILES string of the molecule is CC(c1ccc2cc(N(c3ccc(S)cc3)c3ccc(S)cc3)ccc2c1)C1N=C(SCC(=O)O)N(c2ccccc2)C1=O. The van der Waals surface area contributed by atoms with Gasteiger partial charge in [0.05, 0.1) is 11.4 Å². The Hall–Kier alpha value is -4.18. The molecule has 1 aliphatic heterocycles. The Bertz CT molecular complexity index is 1820. The van der Waals surface area contributed by atoms with Crippen molar-refractivity contribution in [3.63, 3.8) is 0 Å². The number of carbonyl (C=O) groups is 2. The maximum absolute atomic E-state index is 13.7. The van der Waals surface area contributed by atoms with E-state index in [4.69, 9.17) is 4.99 Å². The molecule has 2 atom stereocenters. The molecular formula is C35H29N3O3S3. The van der Waals surface area contributed by atoms with Gasteiger partial charge in [0.2, 0.25) is 0 Å². The van der Waals surface area contributed by atoms with Crippen LogP contribution in [0.25, 0.3) is 10.8 Å². The number of fused-ring (bicyclic) bond motifs is 1. The number of aliphatic carboxylic acids is 1. The summed E-state index contributed by atoms with van der Waals surface area (Å²) >= 11 is 9.99. The van der Waals surface area contributed by atoms with Crippen molar-refractivity contribution in [2.24, 2.45) is 4.99 Å². The molecule has 0 aromatic heterocycles. The van der Waals surface area contributed by atoms with Crippen molar-refractivity contribution in [1.29, 1.82) is 0 Å². The highest BCUT2D eigenvalue weighted by atomic mass is 32.2. The molecule has 0 saturated heterocycles. The van der Waals surface area contributed by atoms with Gasteiger partial charge in [-0.1, -0.05) is 61.2 Å². The first-order valence-corrected chi connectivity index (χ1v) is 15.9. The molecule has 5 aromatic carbocycles. The van der Waals surface area contributed by atoms with Crippen LogP contribution in [0.15, 0.2) is 130 Å². The van der Waals surface area contributed by atoms with E-state index in [2.05, 4.69) is 60.5 Å². The number of benzene rings is 5. The zero-order valence-electron chi connectivity index (χ0n) is 23.7. The van der Waals surface area contributed by atoms with Crippen LogP contribution in [0, 0.1) is 0 Å². The number of amidine groups is 1. The number of nitrogens with zero attached hydrogens (tertiary/aromatic N) is 3. The number of rotatable bonds is 8. The summed E-state index contributed by atoms with van der Waals surface area (Å²) in [6, 6.07) is 37.3. The van der Waals surface area contributed by atoms with E-state index in [1.807, 2.05) is 91.9 Å². The average Bonchev–Trinajstić information content (AvgIpc) is 3.37. The number of thiol groups is 2. The molecule has 0 spiro atoms. The van der Waals surface area contributed by atoms with Crippen LogP contribution in [0.4, 0.5) is 22.7 Å². The van der Waals surface area contributed by atoms with Crippen LogP contribution >= 0.6 is 37.0 Å². The first-order chi connectivity index (χ1) is 21.3. The maximum atomic E-state index is 13.7. The molecule has 44 heavy (non-hydrogen) atoms. The van der Waals surface area contributed by atoms with E-state index in [1.54, 1.807) is 0 Å². The average molecular weight is 636 g/mol. The highest BCUT2D eigenvalue weighted by Crippen LogP contribution is 2.38. The number of hydrogen-bond acceptors (Lipinski definition) is 7. The number of carbonyl (C=O) groups excluding carboxylic acids is 1. The quantitative estimate of drug-likeness (QED) is 0.149. The molecule has 1 N–H and O–H groups in total. The fourth-order valence-electron chi connectivity index (χ4n) is 5.33. The van der Waals surface area contributed by atoms with Gasteiger partial charge in [0, 0.05) is 32.8 Å². The summed E-state index contributed by atoms with van der Waals surface area (Å²) in [5.74, 6) is -1.53. The number of carboxylic acid groups (broad SMARTS) is 1. The van der Waals surface area contributed by atoms with Gasteiger partial charge in [0.15, 0.2) is 5.17 Å². The largest absolute Gasteiger partial charge is 0.481 e. The fourth-order valence-corrected chi connectivity index (χ4v) is 6.40. The molecule has 0 radical (unpaired) electrons. The lowest BCUT2D eigenvalue weighted by Gasteiger charge is -2.26. The van der Waals surface area contributed by atoms with Gasteiger partial charge in [-0.3, -0.25) is 14.5 Å². The van der Waals surface area contributed by atoms with Crippen molar-refractivity contribution in [3.05, 3.63) is 121 Å². The lowest BCUT2D eigenvalue weighted by Crippen LogP contribution is -2.36. The first-order valence-electron chi connectivity index (χ1n) is 14.0. The monoisotopic (exact) mass is 635 g/mol. The molecule has 9 heteroatoms.